The van der Waals surface area contributed by atoms with Crippen molar-refractivity contribution in [3.05, 3.63) is 35.4 Å². The van der Waals surface area contributed by atoms with E-state index in [1.165, 1.54) is 0 Å². The molecule has 3 aliphatic heterocycles. The zero-order valence-corrected chi connectivity index (χ0v) is 17.5. The Labute approximate surface area is 181 Å². The van der Waals surface area contributed by atoms with E-state index < -0.39 is 6.03 Å². The third-order valence-corrected chi connectivity index (χ3v) is 5.73. The zero-order valence-electron chi connectivity index (χ0n) is 16.6. The van der Waals surface area contributed by atoms with Crippen LogP contribution in [0.5, 0.6) is 0 Å². The molecule has 1 unspecified atom stereocenters. The highest BCUT2D eigenvalue weighted by atomic mass is 35.5. The fourth-order valence-electron chi connectivity index (χ4n) is 4.13. The van der Waals surface area contributed by atoms with Crippen molar-refractivity contribution in [3.8, 4) is 0 Å². The minimum absolute atomic E-state index is 0. The third-order valence-electron chi connectivity index (χ3n) is 5.73. The molecule has 5 amide bonds. The fraction of sp³-hybridized carbons (Fsp3) is 0.500. The van der Waals surface area contributed by atoms with Gasteiger partial charge in [-0.05, 0) is 30.5 Å². The first-order valence-corrected chi connectivity index (χ1v) is 9.99. The van der Waals surface area contributed by atoms with E-state index in [-0.39, 0.29) is 49.3 Å². The number of hydrogen-bond donors (Lipinski definition) is 2. The van der Waals surface area contributed by atoms with Crippen LogP contribution in [0.4, 0.5) is 4.79 Å². The first-order valence-electron chi connectivity index (χ1n) is 9.99. The van der Waals surface area contributed by atoms with Crippen LogP contribution in [0.2, 0.25) is 0 Å². The first kappa shape index (κ1) is 22.0. The van der Waals surface area contributed by atoms with Gasteiger partial charge in [-0.25, -0.2) is 4.79 Å². The number of carbonyl (C=O) groups excluding carboxylic acids is 4. The number of imide groups is 1. The summed E-state index contributed by atoms with van der Waals surface area (Å²) in [5.41, 5.74) is 1.35. The number of piperazine rings is 1. The van der Waals surface area contributed by atoms with E-state index in [1.54, 1.807) is 24.3 Å². The molecule has 10 heteroatoms. The van der Waals surface area contributed by atoms with Gasteiger partial charge in [0.1, 0.15) is 0 Å². The van der Waals surface area contributed by atoms with Crippen LogP contribution in [0.25, 0.3) is 0 Å². The quantitative estimate of drug-likeness (QED) is 0.658. The van der Waals surface area contributed by atoms with Crippen LogP contribution >= 0.6 is 12.4 Å². The van der Waals surface area contributed by atoms with Crippen LogP contribution in [-0.2, 0) is 16.1 Å². The summed E-state index contributed by atoms with van der Waals surface area (Å²) in [6.07, 6.45) is 1.79. The molecule has 0 aromatic heterocycles. The highest BCUT2D eigenvalue weighted by Crippen LogP contribution is 2.20. The summed E-state index contributed by atoms with van der Waals surface area (Å²) in [7, 11) is 0. The predicted molar refractivity (Wildman–Crippen MR) is 111 cm³/mol. The summed E-state index contributed by atoms with van der Waals surface area (Å²) in [6.45, 7) is 3.29. The minimum atomic E-state index is -0.392. The summed E-state index contributed by atoms with van der Waals surface area (Å²) in [5.74, 6) is -0.212. The second kappa shape index (κ2) is 9.44. The molecular weight excluding hydrogens is 410 g/mol. The molecule has 0 aliphatic carbocycles. The molecule has 0 radical (unpaired) electrons. The lowest BCUT2D eigenvalue weighted by molar-refractivity contribution is -0.135. The van der Waals surface area contributed by atoms with Gasteiger partial charge in [0.05, 0.1) is 19.6 Å². The first-order chi connectivity index (χ1) is 14.0. The van der Waals surface area contributed by atoms with Crippen LogP contribution in [-0.4, -0.2) is 83.8 Å². The number of carbonyl (C=O) groups is 4. The lowest BCUT2D eigenvalue weighted by atomic mass is 10.0. The second-order valence-corrected chi connectivity index (χ2v) is 7.65. The maximum Gasteiger partial charge on any atom is 0.324 e. The molecule has 3 saturated heterocycles. The van der Waals surface area contributed by atoms with Crippen molar-refractivity contribution in [2.75, 3.05) is 39.3 Å². The Bertz CT molecular complexity index is 815. The van der Waals surface area contributed by atoms with Gasteiger partial charge in [-0.15, -0.1) is 12.4 Å². The van der Waals surface area contributed by atoms with Gasteiger partial charge in [0.25, 0.3) is 5.91 Å². The predicted octanol–water partition coefficient (Wildman–Crippen LogP) is 0.197. The highest BCUT2D eigenvalue weighted by Gasteiger charge is 2.32. The van der Waals surface area contributed by atoms with E-state index >= 15 is 0 Å². The summed E-state index contributed by atoms with van der Waals surface area (Å²) >= 11 is 0. The molecule has 0 spiro atoms. The van der Waals surface area contributed by atoms with Crippen LogP contribution in [0.1, 0.15) is 28.8 Å². The van der Waals surface area contributed by atoms with Gasteiger partial charge < -0.3 is 20.4 Å². The highest BCUT2D eigenvalue weighted by molar-refractivity contribution is 6.01. The monoisotopic (exact) mass is 435 g/mol. The van der Waals surface area contributed by atoms with E-state index in [9.17, 15) is 19.2 Å². The Morgan fingerprint density at radius 3 is 2.47 bits per heavy atom. The summed E-state index contributed by atoms with van der Waals surface area (Å²) in [6, 6.07) is 6.69. The Balaban J connectivity index is 0.00000256. The lowest BCUT2D eigenvalue weighted by Gasteiger charge is -2.41. The number of hydrogen-bond acceptors (Lipinski definition) is 5. The molecule has 0 saturated carbocycles. The molecule has 3 aliphatic rings. The van der Waals surface area contributed by atoms with Crippen molar-refractivity contribution in [2.45, 2.75) is 25.4 Å². The van der Waals surface area contributed by atoms with E-state index in [4.69, 9.17) is 0 Å². The Morgan fingerprint density at radius 2 is 1.80 bits per heavy atom. The average molecular weight is 436 g/mol. The van der Waals surface area contributed by atoms with Gasteiger partial charge in [0.15, 0.2) is 0 Å². The van der Waals surface area contributed by atoms with E-state index in [2.05, 4.69) is 10.6 Å². The minimum Gasteiger partial charge on any atom is -0.337 e. The molecule has 9 nitrogen and oxygen atoms in total. The summed E-state index contributed by atoms with van der Waals surface area (Å²) in [5, 5.41) is 5.57. The second-order valence-electron chi connectivity index (χ2n) is 7.65. The molecule has 1 aromatic rings. The van der Waals surface area contributed by atoms with Crippen molar-refractivity contribution >= 4 is 36.2 Å². The average Bonchev–Trinajstić information content (AvgIpc) is 3.06. The molecule has 2 N–H and O–H groups in total. The molecule has 30 heavy (non-hydrogen) atoms. The summed E-state index contributed by atoms with van der Waals surface area (Å²) in [4.78, 5) is 53.4. The number of urea groups is 1. The third kappa shape index (κ3) is 4.57. The van der Waals surface area contributed by atoms with Gasteiger partial charge in [-0.3, -0.25) is 19.3 Å². The van der Waals surface area contributed by atoms with Crippen LogP contribution in [0.3, 0.4) is 0 Å². The molecular formula is C20H26ClN5O4. The number of amides is 5. The standard InChI is InChI=1S/C20H25N5O4.ClH/c26-17-10-21-7-9-24(17)16-2-1-8-23(13-16)19(28)15-5-3-14(4-6-15)12-25-18(27)11-22-20(25)29;/h3-6,16,21H,1-2,7-13H2,(H,22,29);1H. The van der Waals surface area contributed by atoms with E-state index in [0.717, 1.165) is 29.8 Å². The van der Waals surface area contributed by atoms with Gasteiger partial charge in [0, 0.05) is 37.8 Å². The largest absolute Gasteiger partial charge is 0.337 e. The van der Waals surface area contributed by atoms with E-state index in [1.807, 2.05) is 9.80 Å². The van der Waals surface area contributed by atoms with E-state index in [0.29, 0.717) is 31.7 Å². The molecule has 4 rings (SSSR count). The smallest absolute Gasteiger partial charge is 0.324 e. The topological polar surface area (TPSA) is 102 Å². The maximum absolute atomic E-state index is 13.0. The number of piperidine rings is 1. The number of rotatable bonds is 4. The SMILES string of the molecule is Cl.O=C(c1ccc(CN2C(=O)CNC2=O)cc1)N1CCCC(N2CCNCC2=O)C1. The maximum atomic E-state index is 13.0. The summed E-state index contributed by atoms with van der Waals surface area (Å²) < 4.78 is 0. The molecule has 162 valence electrons. The van der Waals surface area contributed by atoms with Crippen molar-refractivity contribution in [1.29, 1.82) is 0 Å². The van der Waals surface area contributed by atoms with Crippen molar-refractivity contribution < 1.29 is 19.2 Å². The Kier molecular flexibility index (Phi) is 6.94. The van der Waals surface area contributed by atoms with Gasteiger partial charge >= 0.3 is 6.03 Å². The molecule has 3 fully saturated rings. The number of benzene rings is 1. The Hall–Kier alpha value is -2.65. The van der Waals surface area contributed by atoms with Crippen LogP contribution < -0.4 is 10.6 Å². The van der Waals surface area contributed by atoms with Crippen molar-refractivity contribution in [1.82, 2.24) is 25.3 Å². The molecule has 1 atom stereocenters. The molecule has 1 aromatic carbocycles. The van der Waals surface area contributed by atoms with Crippen molar-refractivity contribution in [2.24, 2.45) is 0 Å². The number of nitrogens with one attached hydrogen (secondary N) is 2. The zero-order chi connectivity index (χ0) is 20.4. The number of likely N-dealkylation sites (tertiary alicyclic amines) is 1. The number of halogens is 1. The normalized spacial score (nSPS) is 22.1. The fourth-order valence-corrected chi connectivity index (χ4v) is 4.13. The van der Waals surface area contributed by atoms with Gasteiger partial charge in [0.2, 0.25) is 11.8 Å². The van der Waals surface area contributed by atoms with Gasteiger partial charge in [-0.2, -0.15) is 0 Å². The van der Waals surface area contributed by atoms with Gasteiger partial charge in [-0.1, -0.05) is 12.1 Å². The number of nitrogens with zero attached hydrogens (tertiary/aromatic N) is 3. The Morgan fingerprint density at radius 1 is 1.03 bits per heavy atom. The molecule has 3 heterocycles. The molecule has 0 bridgehead atoms. The van der Waals surface area contributed by atoms with Crippen molar-refractivity contribution in [3.63, 3.8) is 0 Å². The van der Waals surface area contributed by atoms with Crippen LogP contribution in [0, 0.1) is 0 Å². The van der Waals surface area contributed by atoms with Crippen LogP contribution in [0.15, 0.2) is 24.3 Å². The lowest BCUT2D eigenvalue weighted by Crippen LogP contribution is -2.57.